The van der Waals surface area contributed by atoms with Crippen LogP contribution in [-0.4, -0.2) is 291 Å². The predicted molar refractivity (Wildman–Crippen MR) is 463 cm³/mol. The van der Waals surface area contributed by atoms with Gasteiger partial charge in [0.05, 0.1) is 30.8 Å². The van der Waals surface area contributed by atoms with Gasteiger partial charge in [-0.1, -0.05) is 27.7 Å². The lowest BCUT2D eigenvalue weighted by atomic mass is 9.98. The van der Waals surface area contributed by atoms with E-state index < -0.39 is 76.1 Å². The zero-order chi connectivity index (χ0) is 90.9. The van der Waals surface area contributed by atoms with E-state index in [2.05, 4.69) is 36.3 Å². The van der Waals surface area contributed by atoms with Crippen LogP contribution in [0.1, 0.15) is 220 Å². The molecule has 0 bridgehead atoms. The summed E-state index contributed by atoms with van der Waals surface area (Å²) in [5.41, 5.74) is -0.799. The fourth-order valence-electron chi connectivity index (χ4n) is 15.1. The number of amides is 5. The molecule has 0 radical (unpaired) electrons. The number of aromatic hydroxyl groups is 4. The number of carbonyl (C=O) groups excluding carboxylic acids is 9. The molecule has 0 unspecified atom stereocenters. The summed E-state index contributed by atoms with van der Waals surface area (Å²) in [6.45, 7) is 35.5. The smallest absolute Gasteiger partial charge is 0.323 e. The number of likely N-dealkylation sites (tertiary alicyclic amines) is 2. The molecule has 124 heavy (non-hydrogen) atoms. The Morgan fingerprint density at radius 1 is 0.444 bits per heavy atom. The maximum Gasteiger partial charge on any atom is 0.323 e. The molecular weight excluding hydrogens is 1600 g/mol. The van der Waals surface area contributed by atoms with E-state index in [1.54, 1.807) is 167 Å². The van der Waals surface area contributed by atoms with Gasteiger partial charge in [-0.25, -0.2) is 0 Å². The molecule has 5 heterocycles. The predicted octanol–water partition coefficient (Wildman–Crippen LogP) is 9.19. The molecular formula is C90H129N15O19. The van der Waals surface area contributed by atoms with Crippen LogP contribution in [0.15, 0.2) is 72.8 Å². The topological polar surface area (TPSA) is 407 Å². The molecule has 9 rings (SSSR count). The number of nitrogens with one attached hydrogen (secondary N) is 3. The van der Waals surface area contributed by atoms with Gasteiger partial charge in [-0.15, -0.1) is 20.4 Å². The van der Waals surface area contributed by atoms with Crippen molar-refractivity contribution in [2.75, 3.05) is 111 Å². The number of phenolic OH excluding ortho intramolecular Hbond substituents is 4. The Hall–Kier alpha value is -11.0. The van der Waals surface area contributed by atoms with Gasteiger partial charge in [-0.05, 0) is 187 Å². The van der Waals surface area contributed by atoms with Crippen molar-refractivity contribution in [1.29, 1.82) is 0 Å². The summed E-state index contributed by atoms with van der Waals surface area (Å²) in [7, 11) is 0. The first-order chi connectivity index (χ1) is 58.3. The Labute approximate surface area is 727 Å². The van der Waals surface area contributed by atoms with Gasteiger partial charge in [0, 0.05) is 166 Å². The maximum absolute atomic E-state index is 15.0. The molecule has 678 valence electrons. The van der Waals surface area contributed by atoms with Crippen LogP contribution in [-0.2, 0) is 52.5 Å². The second-order valence-corrected chi connectivity index (χ2v) is 36.5. The third kappa shape index (κ3) is 28.3. The van der Waals surface area contributed by atoms with E-state index in [9.17, 15) is 63.6 Å². The molecule has 3 fully saturated rings. The van der Waals surface area contributed by atoms with Gasteiger partial charge >= 0.3 is 23.9 Å². The number of hydrogen-bond donors (Lipinski definition) is 7. The average molecular weight is 1730 g/mol. The number of benzene rings is 4. The van der Waals surface area contributed by atoms with E-state index in [4.69, 9.17) is 28.4 Å². The molecule has 1 atom stereocenters. The summed E-state index contributed by atoms with van der Waals surface area (Å²) in [5.74, 6) is -3.96. The first kappa shape index (κ1) is 96.8. The quantitative estimate of drug-likeness (QED) is 0.0163. The van der Waals surface area contributed by atoms with Crippen LogP contribution in [0.5, 0.6) is 34.5 Å². The van der Waals surface area contributed by atoms with Gasteiger partial charge in [0.25, 0.3) is 11.8 Å². The zero-order valence-electron chi connectivity index (χ0n) is 75.3. The van der Waals surface area contributed by atoms with Crippen molar-refractivity contribution in [3.63, 3.8) is 0 Å². The van der Waals surface area contributed by atoms with E-state index in [1.165, 1.54) is 21.3 Å². The number of nitrogens with zero attached hydrogens (tertiary/aromatic N) is 12. The minimum Gasteiger partial charge on any atom is -0.508 e. The van der Waals surface area contributed by atoms with Gasteiger partial charge in [-0.3, -0.25) is 71.9 Å². The number of carbonyl (C=O) groups is 9. The van der Waals surface area contributed by atoms with Crippen molar-refractivity contribution in [1.82, 2.24) is 74.9 Å². The minimum atomic E-state index is -1.09. The minimum absolute atomic E-state index is 0.0378. The third-order valence-corrected chi connectivity index (χ3v) is 21.0. The molecule has 3 aliphatic rings. The molecule has 2 aromatic heterocycles. The number of rotatable bonds is 30. The molecule has 0 aliphatic carbocycles. The molecule has 5 amide bonds. The molecule has 3 aliphatic heterocycles. The lowest BCUT2D eigenvalue weighted by molar-refractivity contribution is -0.163. The molecule has 0 saturated carbocycles. The van der Waals surface area contributed by atoms with Crippen LogP contribution in [0, 0.1) is 0 Å². The zero-order valence-corrected chi connectivity index (χ0v) is 75.3. The Kier molecular flexibility index (Phi) is 33.3. The van der Waals surface area contributed by atoms with Gasteiger partial charge in [-0.2, -0.15) is 0 Å². The normalized spacial score (nSPS) is 16.0. The fourth-order valence-corrected chi connectivity index (χ4v) is 15.1. The molecule has 6 aromatic rings. The number of ether oxygens (including phenoxy) is 6. The van der Waals surface area contributed by atoms with E-state index in [0.29, 0.717) is 85.9 Å². The number of piperidine rings is 2. The number of hydrogen-bond acceptors (Lipinski definition) is 27. The van der Waals surface area contributed by atoms with E-state index in [-0.39, 0.29) is 204 Å². The molecule has 4 aromatic carbocycles. The fraction of sp³-hybridized carbons (Fsp3) is 0.589. The van der Waals surface area contributed by atoms with Gasteiger partial charge in [0.1, 0.15) is 75.2 Å². The number of phenols is 4. The summed E-state index contributed by atoms with van der Waals surface area (Å²) in [5, 5.41) is 69.4. The van der Waals surface area contributed by atoms with Crippen molar-refractivity contribution in [3.8, 4) is 68.6 Å². The SMILES string of the molecule is CCNC(=O)c1nnc(-c2cc(C(C)C)c(O)cc2O)n1-c1ccc(OC2CCN(C(=O)CC(CC(=O)N3CCC(Oc4ccc(-n5c(C(=O)NCC)nnc5-c5cc(C(C)C)c(O)cc5O)cc4)CC3)NC(=O)CC[C@H](C(=O)OC(C)(C)C)N3CCN(CC(=O)OC(C)(C)C)CCN(CC(=O)OC(C)(C)C)CCN(CC(=O)OC(C)(C)C)CC3)CC2)cc1. The highest BCUT2D eigenvalue weighted by atomic mass is 16.6. The van der Waals surface area contributed by atoms with Crippen LogP contribution < -0.4 is 25.4 Å². The van der Waals surface area contributed by atoms with Crippen molar-refractivity contribution < 1.29 is 92.0 Å². The molecule has 34 heteroatoms. The summed E-state index contributed by atoms with van der Waals surface area (Å²) in [4.78, 5) is 138. The Morgan fingerprint density at radius 3 is 1.10 bits per heavy atom. The van der Waals surface area contributed by atoms with E-state index >= 15 is 0 Å². The highest BCUT2D eigenvalue weighted by molar-refractivity contribution is 5.93. The van der Waals surface area contributed by atoms with Crippen molar-refractivity contribution in [2.24, 2.45) is 0 Å². The van der Waals surface area contributed by atoms with Crippen molar-refractivity contribution in [3.05, 3.63) is 95.6 Å². The molecule has 0 spiro atoms. The van der Waals surface area contributed by atoms with Crippen molar-refractivity contribution >= 4 is 53.4 Å². The Balaban J connectivity index is 0.942. The van der Waals surface area contributed by atoms with Gasteiger partial charge in [0.2, 0.25) is 29.4 Å². The van der Waals surface area contributed by atoms with Gasteiger partial charge in [0.15, 0.2) is 11.6 Å². The van der Waals surface area contributed by atoms with Crippen LogP contribution in [0.2, 0.25) is 0 Å². The van der Waals surface area contributed by atoms with Gasteiger partial charge < -0.3 is 74.6 Å². The summed E-state index contributed by atoms with van der Waals surface area (Å²) in [6.07, 6.45) is 0.0692. The molecule has 34 nitrogen and oxygen atoms in total. The lowest BCUT2D eigenvalue weighted by Crippen LogP contribution is -2.53. The first-order valence-electron chi connectivity index (χ1n) is 43.1. The highest BCUT2D eigenvalue weighted by Crippen LogP contribution is 2.41. The lowest BCUT2D eigenvalue weighted by Gasteiger charge is -2.37. The Bertz CT molecular complexity index is 4430. The van der Waals surface area contributed by atoms with E-state index in [1.807, 2.05) is 47.3 Å². The summed E-state index contributed by atoms with van der Waals surface area (Å²) in [6, 6.07) is 17.5. The summed E-state index contributed by atoms with van der Waals surface area (Å²) >= 11 is 0. The second-order valence-electron chi connectivity index (χ2n) is 36.5. The molecule has 3 saturated heterocycles. The third-order valence-electron chi connectivity index (χ3n) is 21.0. The van der Waals surface area contributed by atoms with Crippen LogP contribution in [0.3, 0.4) is 0 Å². The molecule has 7 N–H and O–H groups in total. The first-order valence-corrected chi connectivity index (χ1v) is 43.1. The van der Waals surface area contributed by atoms with Crippen LogP contribution in [0.25, 0.3) is 34.2 Å². The van der Waals surface area contributed by atoms with E-state index in [0.717, 1.165) is 0 Å². The van der Waals surface area contributed by atoms with Crippen LogP contribution in [0.4, 0.5) is 0 Å². The second kappa shape index (κ2) is 42.6. The number of esters is 4. The highest BCUT2D eigenvalue weighted by Gasteiger charge is 2.37. The average Bonchev–Trinajstić information content (AvgIpc) is 1.61. The monoisotopic (exact) mass is 1720 g/mol. The number of aromatic nitrogens is 6. The maximum atomic E-state index is 15.0. The Morgan fingerprint density at radius 2 is 0.782 bits per heavy atom. The summed E-state index contributed by atoms with van der Waals surface area (Å²) < 4.78 is 39.6. The van der Waals surface area contributed by atoms with Crippen molar-refractivity contribution in [2.45, 2.75) is 235 Å². The standard InChI is InChI=1S/C90H129N15O19/c1-19-91-84(116)82-96-94-80(67-49-65(56(3)4)70(106)51-72(67)108)104(82)59-21-25-61(26-22-59)119-63-31-35-102(36-32-63)75(111)47-58(48-76(112)103-37-33-64(34-38-103)120-62-27-23-60(24-28-62)105-81(95-97-83(105)85(117)92-20-2)68-50-66(57(5)6)71(107)52-73(68)109)93-74(110)30-29-69(86(118)124-90(16,17)18)101-45-43-99(54-78(114)122-88(10,11)12)41-39-98(53-77(113)121-87(7,8)9)40-42-100(44-46-101)55-79(115)123-89(13,14)15/h21-28,49-52,56-58,63-64,69,106-109H,19-20,29-48,53-55H2,1-18H3,(H,91,116)(H,92,117)(H,93,110)/t69-/m1/s1. The largest absolute Gasteiger partial charge is 0.508 e. The van der Waals surface area contributed by atoms with Crippen LogP contribution >= 0.6 is 0 Å².